The lowest BCUT2D eigenvalue weighted by molar-refractivity contribution is 0.219. The Morgan fingerprint density at radius 2 is 2.08 bits per heavy atom. The van der Waals surface area contributed by atoms with Crippen LogP contribution in [0.5, 0.6) is 0 Å². The molecule has 2 unspecified atom stereocenters. The second-order valence-electron chi connectivity index (χ2n) is 2.80. The maximum atomic E-state index is 10.2. The Morgan fingerprint density at radius 1 is 1.46 bits per heavy atom. The molecule has 1 aromatic carbocycles. The minimum absolute atomic E-state index is 0.305. The molecule has 0 bridgehead atoms. The van der Waals surface area contributed by atoms with Crippen molar-refractivity contribution < 1.29 is 12.9 Å². The van der Waals surface area contributed by atoms with Gasteiger partial charge in [-0.3, -0.25) is 4.18 Å². The smallest absolute Gasteiger partial charge is 0.0844 e. The zero-order chi connectivity index (χ0) is 9.68. The van der Waals surface area contributed by atoms with Gasteiger partial charge >= 0.3 is 0 Å². The van der Waals surface area contributed by atoms with Gasteiger partial charge in [0, 0.05) is 0 Å². The summed E-state index contributed by atoms with van der Waals surface area (Å²) in [6, 6.07) is 9.62. The zero-order valence-corrected chi connectivity index (χ0v) is 8.12. The molecule has 0 fully saturated rings. The molecule has 1 rings (SSSR count). The van der Waals surface area contributed by atoms with Gasteiger partial charge in [-0.15, -0.1) is 0 Å². The Labute approximate surface area is 80.2 Å². The fraction of sp³-hybridized carbons (Fsp3) is 0.333. The van der Waals surface area contributed by atoms with Crippen molar-refractivity contribution in [1.29, 1.82) is 0 Å². The average Bonchev–Trinajstić information content (AvgIpc) is 2.04. The van der Waals surface area contributed by atoms with E-state index >= 15 is 0 Å². The minimum Gasteiger partial charge on any atom is -0.750 e. The normalized spacial score (nSPS) is 15.2. The summed E-state index contributed by atoms with van der Waals surface area (Å²) in [5.74, 6) is 0. The predicted molar refractivity (Wildman–Crippen MR) is 49.6 cm³/mol. The van der Waals surface area contributed by atoms with Crippen LogP contribution in [0.25, 0.3) is 0 Å². The maximum Gasteiger partial charge on any atom is 0.0844 e. The Hall–Kier alpha value is -0.710. The fourth-order valence-electron chi connectivity index (χ4n) is 1.11. The summed E-state index contributed by atoms with van der Waals surface area (Å²) in [4.78, 5) is 0. The van der Waals surface area contributed by atoms with E-state index in [9.17, 15) is 8.76 Å². The van der Waals surface area contributed by atoms with Crippen molar-refractivity contribution in [2.45, 2.75) is 19.4 Å². The molecule has 0 amide bonds. The molecule has 72 valence electrons. The molecule has 4 heteroatoms. The van der Waals surface area contributed by atoms with Crippen LogP contribution in [0.4, 0.5) is 0 Å². The van der Waals surface area contributed by atoms with Crippen molar-refractivity contribution >= 4 is 11.4 Å². The van der Waals surface area contributed by atoms with Crippen molar-refractivity contribution in [2.75, 3.05) is 0 Å². The van der Waals surface area contributed by atoms with Gasteiger partial charge in [0.05, 0.1) is 17.5 Å². The zero-order valence-electron chi connectivity index (χ0n) is 7.30. The van der Waals surface area contributed by atoms with Crippen LogP contribution >= 0.6 is 0 Å². The molecule has 0 saturated heterocycles. The third kappa shape index (κ3) is 4.17. The summed E-state index contributed by atoms with van der Waals surface area (Å²) in [7, 11) is 0. The summed E-state index contributed by atoms with van der Waals surface area (Å²) in [5.41, 5.74) is 1.07. The van der Waals surface area contributed by atoms with Crippen molar-refractivity contribution in [3.8, 4) is 0 Å². The molecule has 1 aromatic rings. The van der Waals surface area contributed by atoms with E-state index in [4.69, 9.17) is 0 Å². The monoisotopic (exact) mass is 199 g/mol. The van der Waals surface area contributed by atoms with E-state index < -0.39 is 11.4 Å². The van der Waals surface area contributed by atoms with Gasteiger partial charge in [-0.1, -0.05) is 30.3 Å². The SMILES string of the molecule is CC(Cc1ccccc1)OS(=O)[O-]. The lowest BCUT2D eigenvalue weighted by Gasteiger charge is -2.13. The highest BCUT2D eigenvalue weighted by Crippen LogP contribution is 2.05. The van der Waals surface area contributed by atoms with Gasteiger partial charge in [0.1, 0.15) is 0 Å². The molecule has 0 spiro atoms. The molecule has 0 aliphatic heterocycles. The fourth-order valence-corrected chi connectivity index (χ4v) is 1.45. The van der Waals surface area contributed by atoms with Crippen molar-refractivity contribution in [3.63, 3.8) is 0 Å². The largest absolute Gasteiger partial charge is 0.750 e. The van der Waals surface area contributed by atoms with E-state index in [1.54, 1.807) is 6.92 Å². The van der Waals surface area contributed by atoms with Gasteiger partial charge in [0.2, 0.25) is 0 Å². The lowest BCUT2D eigenvalue weighted by atomic mass is 10.1. The first-order valence-corrected chi connectivity index (χ1v) is 4.99. The second kappa shape index (κ2) is 5.11. The average molecular weight is 199 g/mol. The molecule has 0 heterocycles. The molecule has 0 radical (unpaired) electrons. The summed E-state index contributed by atoms with van der Waals surface area (Å²) in [5, 5.41) is 0. The van der Waals surface area contributed by atoms with Crippen LogP contribution in [0.1, 0.15) is 12.5 Å². The molecular formula is C9H11O3S-. The van der Waals surface area contributed by atoms with Crippen LogP contribution in [-0.2, 0) is 22.0 Å². The summed E-state index contributed by atoms with van der Waals surface area (Å²) >= 11 is -2.42. The van der Waals surface area contributed by atoms with Crippen LogP contribution < -0.4 is 0 Å². The minimum atomic E-state index is -2.42. The van der Waals surface area contributed by atoms with Crippen LogP contribution in [-0.4, -0.2) is 14.9 Å². The molecule has 0 aromatic heterocycles. The highest BCUT2D eigenvalue weighted by molar-refractivity contribution is 7.74. The first-order chi connectivity index (χ1) is 6.18. The highest BCUT2D eigenvalue weighted by Gasteiger charge is 2.03. The Balaban J connectivity index is 2.45. The molecule has 0 N–H and O–H groups in total. The van der Waals surface area contributed by atoms with E-state index in [-0.39, 0.29) is 6.10 Å². The van der Waals surface area contributed by atoms with Crippen molar-refractivity contribution in [1.82, 2.24) is 0 Å². The molecule has 0 aliphatic rings. The van der Waals surface area contributed by atoms with E-state index in [0.717, 1.165) is 5.56 Å². The Bertz CT molecular complexity index is 273. The van der Waals surface area contributed by atoms with Crippen molar-refractivity contribution in [2.24, 2.45) is 0 Å². The van der Waals surface area contributed by atoms with Gasteiger partial charge in [-0.05, 0) is 18.9 Å². The first kappa shape index (κ1) is 10.4. The predicted octanol–water partition coefficient (Wildman–Crippen LogP) is 1.43. The molecule has 0 saturated carbocycles. The van der Waals surface area contributed by atoms with Crippen LogP contribution in [0.2, 0.25) is 0 Å². The van der Waals surface area contributed by atoms with Gasteiger partial charge in [0.15, 0.2) is 0 Å². The molecule has 2 atom stereocenters. The van der Waals surface area contributed by atoms with Gasteiger partial charge in [0.25, 0.3) is 0 Å². The first-order valence-electron chi connectivity index (χ1n) is 3.99. The highest BCUT2D eigenvalue weighted by atomic mass is 32.2. The second-order valence-corrected chi connectivity index (χ2v) is 3.40. The molecule has 3 nitrogen and oxygen atoms in total. The third-order valence-corrected chi connectivity index (χ3v) is 2.09. The molecular weight excluding hydrogens is 188 g/mol. The quantitative estimate of drug-likeness (QED) is 0.689. The molecule has 0 aliphatic carbocycles. The third-order valence-electron chi connectivity index (χ3n) is 1.61. The lowest BCUT2D eigenvalue weighted by Crippen LogP contribution is -2.12. The van der Waals surface area contributed by atoms with Gasteiger partial charge in [-0.25, -0.2) is 4.21 Å². The number of benzene rings is 1. The van der Waals surface area contributed by atoms with Crippen molar-refractivity contribution in [3.05, 3.63) is 35.9 Å². The number of rotatable bonds is 4. The maximum absolute atomic E-state index is 10.2. The number of hydrogen-bond acceptors (Lipinski definition) is 3. The standard InChI is InChI=1S/C9H12O3S/c1-8(12-13(10)11)7-9-5-3-2-4-6-9/h2-6,8H,7H2,1H3,(H,10,11)/p-1. The van der Waals surface area contributed by atoms with E-state index in [0.29, 0.717) is 6.42 Å². The molecule has 13 heavy (non-hydrogen) atoms. The van der Waals surface area contributed by atoms with Crippen LogP contribution in [0.15, 0.2) is 30.3 Å². The van der Waals surface area contributed by atoms with E-state index in [1.165, 1.54) is 0 Å². The van der Waals surface area contributed by atoms with Crippen LogP contribution in [0.3, 0.4) is 0 Å². The Kier molecular flexibility index (Phi) is 4.08. The Morgan fingerprint density at radius 3 is 2.62 bits per heavy atom. The summed E-state index contributed by atoms with van der Waals surface area (Å²) < 4.78 is 24.9. The number of hydrogen-bond donors (Lipinski definition) is 0. The topological polar surface area (TPSA) is 49.4 Å². The van der Waals surface area contributed by atoms with Gasteiger partial charge in [-0.2, -0.15) is 0 Å². The van der Waals surface area contributed by atoms with Crippen LogP contribution in [0, 0.1) is 0 Å². The van der Waals surface area contributed by atoms with E-state index in [1.807, 2.05) is 30.3 Å². The van der Waals surface area contributed by atoms with Gasteiger partial charge < -0.3 is 4.55 Å². The summed E-state index contributed by atoms with van der Waals surface area (Å²) in [6.07, 6.45) is 0.301. The summed E-state index contributed by atoms with van der Waals surface area (Å²) in [6.45, 7) is 1.72. The van der Waals surface area contributed by atoms with E-state index in [2.05, 4.69) is 4.18 Å².